The van der Waals surface area contributed by atoms with Crippen LogP contribution in [0.2, 0.25) is 0 Å². The topological polar surface area (TPSA) is 57.7 Å². The van der Waals surface area contributed by atoms with Crippen LogP contribution < -0.4 is 9.21 Å². The predicted octanol–water partition coefficient (Wildman–Crippen LogP) is 3.96. The van der Waals surface area contributed by atoms with Gasteiger partial charge in [0.15, 0.2) is 0 Å². The summed E-state index contributed by atoms with van der Waals surface area (Å²) in [5, 5.41) is 0. The van der Waals surface area contributed by atoms with E-state index in [4.69, 9.17) is 0 Å². The predicted molar refractivity (Wildman–Crippen MR) is 107 cm³/mol. The summed E-state index contributed by atoms with van der Waals surface area (Å²) in [4.78, 5) is 13.9. The molecule has 138 valence electrons. The van der Waals surface area contributed by atoms with E-state index in [9.17, 15) is 13.2 Å². The molecule has 0 radical (unpaired) electrons. The van der Waals surface area contributed by atoms with E-state index in [2.05, 4.69) is 15.9 Å². The van der Waals surface area contributed by atoms with Gasteiger partial charge in [-0.3, -0.25) is 9.10 Å². The van der Waals surface area contributed by atoms with Crippen LogP contribution in [0.3, 0.4) is 0 Å². The van der Waals surface area contributed by atoms with Crippen molar-refractivity contribution in [3.8, 4) is 0 Å². The van der Waals surface area contributed by atoms with Crippen molar-refractivity contribution in [1.82, 2.24) is 0 Å². The SMILES string of the molecule is CCN(c1ccccc1)S(=O)(=O)c1cc2c(cc1Br)C[C@@H](C)N2C(C)=O. The highest BCUT2D eigenvalue weighted by Crippen LogP contribution is 2.39. The van der Waals surface area contributed by atoms with Crippen molar-refractivity contribution >= 4 is 43.2 Å². The molecule has 0 spiro atoms. The fourth-order valence-electron chi connectivity index (χ4n) is 3.50. The molecule has 5 nitrogen and oxygen atoms in total. The number of anilines is 2. The van der Waals surface area contributed by atoms with E-state index < -0.39 is 10.0 Å². The van der Waals surface area contributed by atoms with Gasteiger partial charge in [0, 0.05) is 29.7 Å². The summed E-state index contributed by atoms with van der Waals surface area (Å²) in [7, 11) is -3.77. The quantitative estimate of drug-likeness (QED) is 0.728. The molecule has 2 aromatic rings. The summed E-state index contributed by atoms with van der Waals surface area (Å²) < 4.78 is 28.6. The molecule has 0 saturated carbocycles. The van der Waals surface area contributed by atoms with Crippen molar-refractivity contribution in [1.29, 1.82) is 0 Å². The molecule has 26 heavy (non-hydrogen) atoms. The molecule has 0 bridgehead atoms. The minimum Gasteiger partial charge on any atom is -0.309 e. The second-order valence-corrected chi connectivity index (χ2v) is 9.04. The van der Waals surface area contributed by atoms with Gasteiger partial charge in [-0.15, -0.1) is 0 Å². The van der Waals surface area contributed by atoms with Crippen LogP contribution in [0.1, 0.15) is 26.3 Å². The molecule has 0 fully saturated rings. The number of amides is 1. The summed E-state index contributed by atoms with van der Waals surface area (Å²) in [6.07, 6.45) is 0.712. The number of hydrogen-bond acceptors (Lipinski definition) is 3. The molecule has 1 heterocycles. The van der Waals surface area contributed by atoms with Gasteiger partial charge in [0.05, 0.1) is 5.69 Å². The molecule has 0 aromatic heterocycles. The third kappa shape index (κ3) is 3.14. The standard InChI is InChI=1S/C19H21BrN2O3S/c1-4-21(16-8-6-5-7-9-16)26(24,25)19-12-18-15(11-17(19)20)10-13(2)22(18)14(3)23/h5-9,11-13H,4,10H2,1-3H3/t13-/m1/s1. The van der Waals surface area contributed by atoms with Gasteiger partial charge >= 0.3 is 0 Å². The second-order valence-electron chi connectivity index (χ2n) is 6.36. The fraction of sp³-hybridized carbons (Fsp3) is 0.316. The lowest BCUT2D eigenvalue weighted by atomic mass is 10.1. The largest absolute Gasteiger partial charge is 0.309 e. The van der Waals surface area contributed by atoms with Crippen LogP contribution in [0.5, 0.6) is 0 Å². The highest BCUT2D eigenvalue weighted by atomic mass is 79.9. The molecule has 0 unspecified atom stereocenters. The smallest absolute Gasteiger partial charge is 0.265 e. The van der Waals surface area contributed by atoms with Gasteiger partial charge in [-0.1, -0.05) is 18.2 Å². The Hall–Kier alpha value is -1.86. The summed E-state index contributed by atoms with van der Waals surface area (Å²) in [6.45, 7) is 5.58. The van der Waals surface area contributed by atoms with Crippen LogP contribution in [0.25, 0.3) is 0 Å². The Morgan fingerprint density at radius 1 is 1.27 bits per heavy atom. The third-order valence-corrected chi connectivity index (χ3v) is 7.45. The van der Waals surface area contributed by atoms with E-state index in [0.29, 0.717) is 28.8 Å². The number of carbonyl (C=O) groups excluding carboxylic acids is 1. The summed E-state index contributed by atoms with van der Waals surface area (Å²) >= 11 is 3.42. The zero-order valence-electron chi connectivity index (χ0n) is 14.9. The Morgan fingerprint density at radius 2 is 1.92 bits per heavy atom. The van der Waals surface area contributed by atoms with E-state index in [0.717, 1.165) is 5.56 Å². The van der Waals surface area contributed by atoms with Crippen LogP contribution in [0.4, 0.5) is 11.4 Å². The van der Waals surface area contributed by atoms with Gasteiger partial charge in [0.1, 0.15) is 4.90 Å². The Bertz CT molecular complexity index is 945. The third-order valence-electron chi connectivity index (χ3n) is 4.59. The minimum atomic E-state index is -3.77. The fourth-order valence-corrected chi connectivity index (χ4v) is 6.05. The molecule has 0 saturated heterocycles. The first-order chi connectivity index (χ1) is 12.3. The molecule has 1 atom stereocenters. The second kappa shape index (κ2) is 7.04. The van der Waals surface area contributed by atoms with Gasteiger partial charge in [-0.25, -0.2) is 8.42 Å². The first kappa shape index (κ1) is 18.9. The Kier molecular flexibility index (Phi) is 5.12. The zero-order valence-corrected chi connectivity index (χ0v) is 17.3. The van der Waals surface area contributed by atoms with Crippen molar-refractivity contribution in [3.05, 3.63) is 52.5 Å². The number of rotatable bonds is 4. The van der Waals surface area contributed by atoms with E-state index >= 15 is 0 Å². The first-order valence-corrected chi connectivity index (χ1v) is 10.7. The lowest BCUT2D eigenvalue weighted by Crippen LogP contribution is -2.34. The molecule has 3 rings (SSSR count). The van der Waals surface area contributed by atoms with E-state index in [-0.39, 0.29) is 16.8 Å². The van der Waals surface area contributed by atoms with Crippen LogP contribution in [-0.2, 0) is 21.2 Å². The van der Waals surface area contributed by atoms with E-state index in [1.54, 1.807) is 30.0 Å². The summed E-state index contributed by atoms with van der Waals surface area (Å²) in [5.41, 5.74) is 2.26. The molecular weight excluding hydrogens is 416 g/mol. The number of sulfonamides is 1. The Morgan fingerprint density at radius 3 is 2.50 bits per heavy atom. The Balaban J connectivity index is 2.13. The van der Waals surface area contributed by atoms with Gasteiger partial charge in [-0.05, 0) is 66.0 Å². The maximum Gasteiger partial charge on any atom is 0.265 e. The molecule has 1 amide bonds. The number of fused-ring (bicyclic) bond motifs is 1. The van der Waals surface area contributed by atoms with E-state index in [1.807, 2.05) is 31.2 Å². The van der Waals surface area contributed by atoms with Gasteiger partial charge in [0.25, 0.3) is 10.0 Å². The van der Waals surface area contributed by atoms with E-state index in [1.165, 1.54) is 11.2 Å². The molecule has 0 aliphatic carbocycles. The number of para-hydroxylation sites is 1. The molecule has 1 aliphatic heterocycles. The number of halogens is 1. The number of benzene rings is 2. The lowest BCUT2D eigenvalue weighted by molar-refractivity contribution is -0.116. The number of carbonyl (C=O) groups is 1. The number of hydrogen-bond donors (Lipinski definition) is 0. The van der Waals surface area contributed by atoms with Gasteiger partial charge < -0.3 is 4.90 Å². The summed E-state index contributed by atoms with van der Waals surface area (Å²) in [6, 6.07) is 12.5. The zero-order chi connectivity index (χ0) is 19.1. The lowest BCUT2D eigenvalue weighted by Gasteiger charge is -2.25. The monoisotopic (exact) mass is 436 g/mol. The van der Waals surface area contributed by atoms with Crippen molar-refractivity contribution in [3.63, 3.8) is 0 Å². The summed E-state index contributed by atoms with van der Waals surface area (Å²) in [5.74, 6) is -0.0858. The first-order valence-electron chi connectivity index (χ1n) is 8.47. The van der Waals surface area contributed by atoms with Gasteiger partial charge in [0.2, 0.25) is 5.91 Å². The van der Waals surface area contributed by atoms with Crippen molar-refractivity contribution in [2.75, 3.05) is 15.7 Å². The van der Waals surface area contributed by atoms with Crippen molar-refractivity contribution in [2.45, 2.75) is 38.1 Å². The molecule has 1 aliphatic rings. The maximum atomic E-state index is 13.3. The van der Waals surface area contributed by atoms with Crippen LogP contribution >= 0.6 is 15.9 Å². The van der Waals surface area contributed by atoms with Crippen LogP contribution in [0, 0.1) is 0 Å². The average molecular weight is 437 g/mol. The highest BCUT2D eigenvalue weighted by Gasteiger charge is 2.33. The van der Waals surface area contributed by atoms with Crippen LogP contribution in [0.15, 0.2) is 51.8 Å². The molecule has 7 heteroatoms. The van der Waals surface area contributed by atoms with Crippen molar-refractivity contribution in [2.24, 2.45) is 0 Å². The van der Waals surface area contributed by atoms with Crippen LogP contribution in [-0.4, -0.2) is 26.9 Å². The molecular formula is C19H21BrN2O3S. The number of nitrogens with zero attached hydrogens (tertiary/aromatic N) is 2. The molecule has 2 aromatic carbocycles. The normalized spacial score (nSPS) is 16.5. The van der Waals surface area contributed by atoms with Gasteiger partial charge in [-0.2, -0.15) is 0 Å². The maximum absolute atomic E-state index is 13.3. The van der Waals surface area contributed by atoms with Crippen molar-refractivity contribution < 1.29 is 13.2 Å². The highest BCUT2D eigenvalue weighted by molar-refractivity contribution is 9.10. The molecule has 0 N–H and O–H groups in total. The Labute approximate surface area is 162 Å². The average Bonchev–Trinajstić information content (AvgIpc) is 2.90. The minimum absolute atomic E-state index is 0.0174.